The lowest BCUT2D eigenvalue weighted by Crippen LogP contribution is -2.40. The Bertz CT molecular complexity index is 1330. The second-order valence-corrected chi connectivity index (χ2v) is 7.41. The Morgan fingerprint density at radius 3 is 2.55 bits per heavy atom. The quantitative estimate of drug-likeness (QED) is 0.454. The largest absolute Gasteiger partial charge is 0.496 e. The molecule has 0 unspecified atom stereocenters. The summed E-state index contributed by atoms with van der Waals surface area (Å²) in [6.07, 6.45) is 3.72. The lowest BCUT2D eigenvalue weighted by molar-refractivity contribution is 0.410. The highest BCUT2D eigenvalue weighted by molar-refractivity contribution is 5.76. The zero-order valence-electron chi connectivity index (χ0n) is 17.9. The second kappa shape index (κ2) is 8.63. The van der Waals surface area contributed by atoms with Crippen LogP contribution >= 0.6 is 0 Å². The maximum absolute atomic E-state index is 13.0. The van der Waals surface area contributed by atoms with E-state index in [4.69, 9.17) is 4.74 Å². The second-order valence-electron chi connectivity index (χ2n) is 7.41. The highest BCUT2D eigenvalue weighted by atomic mass is 16.5. The van der Waals surface area contributed by atoms with E-state index in [9.17, 15) is 9.59 Å². The molecule has 0 aliphatic heterocycles. The number of ether oxygens (including phenoxy) is 1. The summed E-state index contributed by atoms with van der Waals surface area (Å²) >= 11 is 0. The van der Waals surface area contributed by atoms with Gasteiger partial charge < -0.3 is 9.72 Å². The molecule has 4 rings (SSSR count). The van der Waals surface area contributed by atoms with Crippen molar-refractivity contribution in [3.63, 3.8) is 0 Å². The van der Waals surface area contributed by atoms with Crippen LogP contribution in [0, 0.1) is 0 Å². The molecule has 0 spiro atoms. The summed E-state index contributed by atoms with van der Waals surface area (Å²) in [6.45, 7) is 4.79. The third-order valence-corrected chi connectivity index (χ3v) is 5.28. The number of aromatic nitrogens is 6. The SMILES string of the molecule is CCCn1c(=O)c2[nH]c(-c3c[nH]nc3Cc3ccccc3OC)nc2n(CCC)c1=O. The van der Waals surface area contributed by atoms with E-state index in [0.717, 1.165) is 29.0 Å². The van der Waals surface area contributed by atoms with Crippen LogP contribution in [0.2, 0.25) is 0 Å². The number of H-pyrrole nitrogens is 2. The molecule has 0 fully saturated rings. The summed E-state index contributed by atoms with van der Waals surface area (Å²) < 4.78 is 8.31. The van der Waals surface area contributed by atoms with Crippen LogP contribution in [0.1, 0.15) is 37.9 Å². The Morgan fingerprint density at radius 2 is 1.81 bits per heavy atom. The van der Waals surface area contributed by atoms with Gasteiger partial charge in [-0.3, -0.25) is 19.0 Å². The molecule has 162 valence electrons. The van der Waals surface area contributed by atoms with E-state index >= 15 is 0 Å². The number of fused-ring (bicyclic) bond motifs is 1. The molecule has 0 atom stereocenters. The summed E-state index contributed by atoms with van der Waals surface area (Å²) in [5.74, 6) is 1.28. The average Bonchev–Trinajstić information content (AvgIpc) is 3.42. The molecule has 2 N–H and O–H groups in total. The number of nitrogens with zero attached hydrogens (tertiary/aromatic N) is 4. The lowest BCUT2D eigenvalue weighted by atomic mass is 10.1. The number of benzene rings is 1. The first kappa shape index (κ1) is 20.6. The molecule has 0 aliphatic carbocycles. The molecule has 3 aromatic heterocycles. The summed E-state index contributed by atoms with van der Waals surface area (Å²) in [4.78, 5) is 33.7. The van der Waals surface area contributed by atoms with Crippen molar-refractivity contribution >= 4 is 11.2 Å². The van der Waals surface area contributed by atoms with Gasteiger partial charge in [-0.1, -0.05) is 32.0 Å². The first-order chi connectivity index (χ1) is 15.1. The van der Waals surface area contributed by atoms with Crippen LogP contribution in [0.4, 0.5) is 0 Å². The topological polar surface area (TPSA) is 111 Å². The number of nitrogens with one attached hydrogen (secondary N) is 2. The zero-order valence-corrected chi connectivity index (χ0v) is 17.9. The van der Waals surface area contributed by atoms with E-state index in [-0.39, 0.29) is 11.2 Å². The van der Waals surface area contributed by atoms with Crippen LogP contribution in [0.5, 0.6) is 5.75 Å². The molecular weight excluding hydrogens is 396 g/mol. The van der Waals surface area contributed by atoms with Gasteiger partial charge in [-0.2, -0.15) is 5.10 Å². The smallest absolute Gasteiger partial charge is 0.332 e. The van der Waals surface area contributed by atoms with Gasteiger partial charge in [-0.05, 0) is 18.9 Å². The standard InChI is InChI=1S/C22H26N6O3/c1-4-10-27-20-18(21(29)28(11-5-2)22(27)30)24-19(25-20)15-13-23-26-16(15)12-14-8-6-7-9-17(14)31-3/h6-9,13H,4-5,10-12H2,1-3H3,(H,23,26)(H,24,25). The third kappa shape index (κ3) is 3.67. The maximum Gasteiger partial charge on any atom is 0.332 e. The van der Waals surface area contributed by atoms with Crippen molar-refractivity contribution in [2.45, 2.75) is 46.2 Å². The molecule has 9 heteroatoms. The van der Waals surface area contributed by atoms with Crippen molar-refractivity contribution in [2.75, 3.05) is 7.11 Å². The first-order valence-corrected chi connectivity index (χ1v) is 10.5. The van der Waals surface area contributed by atoms with Gasteiger partial charge in [-0.15, -0.1) is 0 Å². The molecule has 0 radical (unpaired) electrons. The van der Waals surface area contributed by atoms with E-state index in [2.05, 4.69) is 20.2 Å². The number of hydrogen-bond donors (Lipinski definition) is 2. The third-order valence-electron chi connectivity index (χ3n) is 5.28. The van der Waals surface area contributed by atoms with Crippen molar-refractivity contribution in [2.24, 2.45) is 0 Å². The van der Waals surface area contributed by atoms with Gasteiger partial charge in [0.05, 0.1) is 18.4 Å². The van der Waals surface area contributed by atoms with Gasteiger partial charge in [-0.25, -0.2) is 9.78 Å². The molecule has 9 nitrogen and oxygen atoms in total. The van der Waals surface area contributed by atoms with E-state index < -0.39 is 0 Å². The van der Waals surface area contributed by atoms with Gasteiger partial charge >= 0.3 is 5.69 Å². The minimum atomic E-state index is -0.345. The van der Waals surface area contributed by atoms with Crippen LogP contribution in [0.15, 0.2) is 40.1 Å². The molecule has 1 aromatic carbocycles. The van der Waals surface area contributed by atoms with Crippen LogP contribution < -0.4 is 16.0 Å². The van der Waals surface area contributed by atoms with Crippen LogP contribution in [0.3, 0.4) is 0 Å². The minimum absolute atomic E-state index is 0.319. The van der Waals surface area contributed by atoms with Gasteiger partial charge in [0.15, 0.2) is 5.65 Å². The molecular formula is C22H26N6O3. The highest BCUT2D eigenvalue weighted by Gasteiger charge is 2.20. The number of imidazole rings is 1. The van der Waals surface area contributed by atoms with E-state index in [1.807, 2.05) is 38.1 Å². The van der Waals surface area contributed by atoms with E-state index in [1.165, 1.54) is 4.57 Å². The van der Waals surface area contributed by atoms with Crippen molar-refractivity contribution in [1.29, 1.82) is 0 Å². The molecule has 31 heavy (non-hydrogen) atoms. The molecule has 3 heterocycles. The van der Waals surface area contributed by atoms with Crippen LogP contribution in [-0.2, 0) is 19.5 Å². The zero-order chi connectivity index (χ0) is 22.0. The van der Waals surface area contributed by atoms with Gasteiger partial charge in [0.25, 0.3) is 5.56 Å². The number of aryl methyl sites for hydroxylation is 1. The van der Waals surface area contributed by atoms with Crippen molar-refractivity contribution in [3.05, 3.63) is 62.6 Å². The highest BCUT2D eigenvalue weighted by Crippen LogP contribution is 2.26. The van der Waals surface area contributed by atoms with Gasteiger partial charge in [0, 0.05) is 31.3 Å². The minimum Gasteiger partial charge on any atom is -0.496 e. The molecule has 0 aliphatic rings. The normalized spacial score (nSPS) is 11.3. The predicted molar refractivity (Wildman–Crippen MR) is 119 cm³/mol. The predicted octanol–water partition coefficient (Wildman–Crippen LogP) is 2.70. The summed E-state index contributed by atoms with van der Waals surface area (Å²) in [7, 11) is 1.64. The fourth-order valence-corrected chi connectivity index (χ4v) is 3.83. The fraction of sp³-hybridized carbons (Fsp3) is 0.364. The van der Waals surface area contributed by atoms with Gasteiger partial charge in [0.2, 0.25) is 0 Å². The van der Waals surface area contributed by atoms with Crippen molar-refractivity contribution in [1.82, 2.24) is 29.3 Å². The monoisotopic (exact) mass is 422 g/mol. The number of methoxy groups -OCH3 is 1. The number of para-hydroxylation sites is 1. The molecule has 0 amide bonds. The maximum atomic E-state index is 13.0. The van der Waals surface area contributed by atoms with Gasteiger partial charge in [0.1, 0.15) is 17.1 Å². The Balaban J connectivity index is 1.85. The number of hydrogen-bond acceptors (Lipinski definition) is 5. The lowest BCUT2D eigenvalue weighted by Gasteiger charge is -2.09. The Hall–Kier alpha value is -3.62. The Labute approximate surface area is 178 Å². The summed E-state index contributed by atoms with van der Waals surface area (Å²) in [5.41, 5.74) is 2.55. The average molecular weight is 422 g/mol. The van der Waals surface area contributed by atoms with Crippen molar-refractivity contribution in [3.8, 4) is 17.1 Å². The van der Waals surface area contributed by atoms with E-state index in [0.29, 0.717) is 42.9 Å². The number of rotatable bonds is 8. The molecule has 0 saturated carbocycles. The van der Waals surface area contributed by atoms with Crippen LogP contribution in [-0.4, -0.2) is 36.4 Å². The van der Waals surface area contributed by atoms with Crippen LogP contribution in [0.25, 0.3) is 22.6 Å². The molecule has 0 bridgehead atoms. The number of aromatic amines is 2. The summed E-state index contributed by atoms with van der Waals surface area (Å²) in [5, 5.41) is 7.28. The van der Waals surface area contributed by atoms with E-state index in [1.54, 1.807) is 17.9 Å². The molecule has 0 saturated heterocycles. The fourth-order valence-electron chi connectivity index (χ4n) is 3.83. The Morgan fingerprint density at radius 1 is 1.06 bits per heavy atom. The molecule has 4 aromatic rings. The summed E-state index contributed by atoms with van der Waals surface area (Å²) in [6, 6.07) is 7.76. The van der Waals surface area contributed by atoms with Crippen molar-refractivity contribution < 1.29 is 4.74 Å². The Kier molecular flexibility index (Phi) is 5.75. The first-order valence-electron chi connectivity index (χ1n) is 10.5.